The maximum atomic E-state index is 13.8. The van der Waals surface area contributed by atoms with Gasteiger partial charge in [-0.3, -0.25) is 19.0 Å². The van der Waals surface area contributed by atoms with E-state index in [-0.39, 0.29) is 23.1 Å². The number of aryl methyl sites for hydroxylation is 1. The molecule has 3 heterocycles. The van der Waals surface area contributed by atoms with Crippen molar-refractivity contribution >= 4 is 50.8 Å². The first-order valence-corrected chi connectivity index (χ1v) is 13.5. The van der Waals surface area contributed by atoms with Crippen LogP contribution in [0.3, 0.4) is 0 Å². The summed E-state index contributed by atoms with van der Waals surface area (Å²) in [5, 5.41) is 4.10. The Balaban J connectivity index is 1.49. The number of hydrogen-bond acceptors (Lipinski definition) is 6. The standard InChI is InChI=1S/C27H26N4O3S2/c1-17-8-6-7-11-21(17)28-23(33)16-35-27-29-25-24(20-12-13-30(18(2)32)15-22(20)36-25)26(34)31(27)14-19-9-4-3-5-10-19/h3-11H,12-16H2,1-2H3,(H,28,33). The fraction of sp³-hybridized carbons (Fsp3) is 0.259. The molecule has 2 aromatic heterocycles. The Kier molecular flexibility index (Phi) is 6.93. The third kappa shape index (κ3) is 4.94. The predicted molar refractivity (Wildman–Crippen MR) is 145 cm³/mol. The number of amides is 2. The van der Waals surface area contributed by atoms with E-state index < -0.39 is 0 Å². The van der Waals surface area contributed by atoms with Crippen LogP contribution in [0.2, 0.25) is 0 Å². The molecular weight excluding hydrogens is 492 g/mol. The molecular formula is C27H26N4O3S2. The Morgan fingerprint density at radius 1 is 1.11 bits per heavy atom. The molecule has 1 aliphatic heterocycles. The van der Waals surface area contributed by atoms with Crippen LogP contribution in [-0.4, -0.2) is 38.6 Å². The molecule has 5 rings (SSSR count). The summed E-state index contributed by atoms with van der Waals surface area (Å²) >= 11 is 2.73. The normalized spacial score (nSPS) is 13.0. The number of nitrogens with zero attached hydrogens (tertiary/aromatic N) is 3. The predicted octanol–water partition coefficient (Wildman–Crippen LogP) is 4.45. The van der Waals surface area contributed by atoms with Gasteiger partial charge in [-0.25, -0.2) is 4.98 Å². The minimum Gasteiger partial charge on any atom is -0.337 e. The van der Waals surface area contributed by atoms with Crippen LogP contribution in [0, 0.1) is 6.92 Å². The lowest BCUT2D eigenvalue weighted by Crippen LogP contribution is -2.34. The molecule has 0 atom stereocenters. The summed E-state index contributed by atoms with van der Waals surface area (Å²) in [5.41, 5.74) is 3.65. The SMILES string of the molecule is CC(=O)N1CCc2c(sc3nc(SCC(=O)Nc4ccccc4C)n(Cc4ccccc4)c(=O)c23)C1. The highest BCUT2D eigenvalue weighted by Gasteiger charge is 2.26. The number of carbonyl (C=O) groups is 2. The molecule has 0 radical (unpaired) electrons. The summed E-state index contributed by atoms with van der Waals surface area (Å²) in [6.07, 6.45) is 0.641. The molecule has 2 amide bonds. The van der Waals surface area contributed by atoms with Gasteiger partial charge in [0, 0.05) is 24.0 Å². The zero-order valence-electron chi connectivity index (χ0n) is 20.1. The van der Waals surface area contributed by atoms with Crippen molar-refractivity contribution in [2.75, 3.05) is 17.6 Å². The van der Waals surface area contributed by atoms with Crippen LogP contribution in [0.1, 0.15) is 28.5 Å². The van der Waals surface area contributed by atoms with Gasteiger partial charge in [-0.05, 0) is 36.1 Å². The molecule has 0 bridgehead atoms. The minimum atomic E-state index is -0.155. The lowest BCUT2D eigenvalue weighted by molar-refractivity contribution is -0.129. The number of nitrogens with one attached hydrogen (secondary N) is 1. The molecule has 36 heavy (non-hydrogen) atoms. The van der Waals surface area contributed by atoms with E-state index in [1.54, 1.807) is 16.4 Å². The fourth-order valence-electron chi connectivity index (χ4n) is 4.37. The first-order chi connectivity index (χ1) is 17.4. The Bertz CT molecular complexity index is 1510. The molecule has 0 unspecified atom stereocenters. The van der Waals surface area contributed by atoms with Gasteiger partial charge < -0.3 is 10.2 Å². The first kappa shape index (κ1) is 24.3. The second-order valence-electron chi connectivity index (χ2n) is 8.80. The lowest BCUT2D eigenvalue weighted by atomic mass is 10.1. The van der Waals surface area contributed by atoms with Crippen LogP contribution >= 0.6 is 23.1 Å². The highest BCUT2D eigenvalue weighted by atomic mass is 32.2. The third-order valence-corrected chi connectivity index (χ3v) is 8.39. The maximum absolute atomic E-state index is 13.8. The van der Waals surface area contributed by atoms with Gasteiger partial charge in [-0.2, -0.15) is 0 Å². The number of anilines is 1. The van der Waals surface area contributed by atoms with E-state index >= 15 is 0 Å². The molecule has 0 aliphatic carbocycles. The average Bonchev–Trinajstić information content (AvgIpc) is 3.24. The lowest BCUT2D eigenvalue weighted by Gasteiger charge is -2.25. The summed E-state index contributed by atoms with van der Waals surface area (Å²) in [5.74, 6) is 0.00512. The van der Waals surface area contributed by atoms with E-state index in [1.807, 2.05) is 61.5 Å². The zero-order chi connectivity index (χ0) is 25.2. The quantitative estimate of drug-likeness (QED) is 0.301. The minimum absolute atomic E-state index is 0.0310. The number of aromatic nitrogens is 2. The van der Waals surface area contributed by atoms with Gasteiger partial charge in [0.25, 0.3) is 5.56 Å². The van der Waals surface area contributed by atoms with Gasteiger partial charge in [-0.1, -0.05) is 60.3 Å². The molecule has 184 valence electrons. The van der Waals surface area contributed by atoms with Crippen molar-refractivity contribution < 1.29 is 9.59 Å². The Hall–Kier alpha value is -3.43. The van der Waals surface area contributed by atoms with Crippen molar-refractivity contribution in [1.29, 1.82) is 0 Å². The van der Waals surface area contributed by atoms with Gasteiger partial charge >= 0.3 is 0 Å². The molecule has 0 saturated carbocycles. The second kappa shape index (κ2) is 10.3. The van der Waals surface area contributed by atoms with E-state index in [4.69, 9.17) is 4.98 Å². The van der Waals surface area contributed by atoms with Crippen molar-refractivity contribution in [3.63, 3.8) is 0 Å². The summed E-state index contributed by atoms with van der Waals surface area (Å²) in [6.45, 7) is 4.99. The monoisotopic (exact) mass is 518 g/mol. The van der Waals surface area contributed by atoms with Crippen molar-refractivity contribution in [3.8, 4) is 0 Å². The highest BCUT2D eigenvalue weighted by molar-refractivity contribution is 7.99. The van der Waals surface area contributed by atoms with Gasteiger partial charge in [-0.15, -0.1) is 11.3 Å². The van der Waals surface area contributed by atoms with Crippen LogP contribution < -0.4 is 10.9 Å². The Morgan fingerprint density at radius 2 is 1.86 bits per heavy atom. The molecule has 0 saturated heterocycles. The maximum Gasteiger partial charge on any atom is 0.263 e. The van der Waals surface area contributed by atoms with Crippen LogP contribution in [-0.2, 0) is 29.1 Å². The van der Waals surface area contributed by atoms with Crippen molar-refractivity contribution in [2.24, 2.45) is 0 Å². The number of fused-ring (bicyclic) bond motifs is 3. The van der Waals surface area contributed by atoms with Gasteiger partial charge in [0.1, 0.15) is 4.83 Å². The largest absolute Gasteiger partial charge is 0.337 e. The summed E-state index contributed by atoms with van der Waals surface area (Å²) < 4.78 is 1.67. The number of thiophene rings is 1. The van der Waals surface area contributed by atoms with E-state index in [1.165, 1.54) is 23.1 Å². The fourth-order valence-corrected chi connectivity index (χ4v) is 6.45. The third-order valence-electron chi connectivity index (χ3n) is 6.31. The van der Waals surface area contributed by atoms with E-state index in [9.17, 15) is 14.4 Å². The average molecular weight is 519 g/mol. The molecule has 7 nitrogen and oxygen atoms in total. The molecule has 0 spiro atoms. The van der Waals surface area contributed by atoms with Gasteiger partial charge in [0.2, 0.25) is 11.8 Å². The molecule has 4 aromatic rings. The van der Waals surface area contributed by atoms with E-state index in [0.717, 1.165) is 27.3 Å². The number of carbonyl (C=O) groups excluding carboxylic acids is 2. The van der Waals surface area contributed by atoms with Gasteiger partial charge in [0.15, 0.2) is 5.16 Å². The van der Waals surface area contributed by atoms with Crippen LogP contribution in [0.4, 0.5) is 5.69 Å². The van der Waals surface area contributed by atoms with Crippen molar-refractivity contribution in [1.82, 2.24) is 14.5 Å². The van der Waals surface area contributed by atoms with Crippen molar-refractivity contribution in [2.45, 2.75) is 38.5 Å². The number of benzene rings is 2. The molecule has 1 N–H and O–H groups in total. The number of thioether (sulfide) groups is 1. The highest BCUT2D eigenvalue weighted by Crippen LogP contribution is 2.34. The summed E-state index contributed by atoms with van der Waals surface area (Å²) in [6, 6.07) is 17.4. The number of hydrogen-bond donors (Lipinski definition) is 1. The molecule has 0 fully saturated rings. The van der Waals surface area contributed by atoms with Crippen LogP contribution in [0.25, 0.3) is 10.2 Å². The second-order valence-corrected chi connectivity index (χ2v) is 10.8. The first-order valence-electron chi connectivity index (χ1n) is 11.7. The summed E-state index contributed by atoms with van der Waals surface area (Å²) in [7, 11) is 0. The van der Waals surface area contributed by atoms with Crippen LogP contribution in [0.15, 0.2) is 64.5 Å². The summed E-state index contributed by atoms with van der Waals surface area (Å²) in [4.78, 5) is 46.8. The van der Waals surface area contributed by atoms with E-state index in [2.05, 4.69) is 5.32 Å². The molecule has 1 aliphatic rings. The van der Waals surface area contributed by atoms with E-state index in [0.29, 0.717) is 41.4 Å². The van der Waals surface area contributed by atoms with Crippen molar-refractivity contribution in [3.05, 3.63) is 86.5 Å². The topological polar surface area (TPSA) is 84.3 Å². The smallest absolute Gasteiger partial charge is 0.263 e. The van der Waals surface area contributed by atoms with Crippen LogP contribution in [0.5, 0.6) is 0 Å². The van der Waals surface area contributed by atoms with Gasteiger partial charge in [0.05, 0.1) is 24.2 Å². The number of rotatable bonds is 6. The zero-order valence-corrected chi connectivity index (χ0v) is 21.7. The number of para-hydroxylation sites is 1. The Labute approximate surface area is 217 Å². The molecule has 9 heteroatoms. The Morgan fingerprint density at radius 3 is 2.61 bits per heavy atom. The molecule has 2 aromatic carbocycles.